The van der Waals surface area contributed by atoms with Crippen molar-refractivity contribution >= 4 is 33.2 Å². The molecular formula is C12H12BrClN2. The number of aromatic nitrogens is 1. The van der Waals surface area contributed by atoms with Crippen LogP contribution in [0.1, 0.15) is 5.56 Å². The van der Waals surface area contributed by atoms with Crippen molar-refractivity contribution in [3.05, 3.63) is 51.7 Å². The van der Waals surface area contributed by atoms with E-state index in [1.807, 2.05) is 36.0 Å². The van der Waals surface area contributed by atoms with Crippen LogP contribution in [0.3, 0.4) is 0 Å². The maximum absolute atomic E-state index is 5.94. The number of nitrogens with zero attached hydrogens (tertiary/aromatic N) is 1. The van der Waals surface area contributed by atoms with Crippen LogP contribution in [0.5, 0.6) is 0 Å². The molecule has 84 valence electrons. The Morgan fingerprint density at radius 2 is 2.19 bits per heavy atom. The van der Waals surface area contributed by atoms with Crippen LogP contribution in [-0.4, -0.2) is 4.57 Å². The van der Waals surface area contributed by atoms with Crippen LogP contribution in [0.4, 0.5) is 5.69 Å². The van der Waals surface area contributed by atoms with E-state index in [4.69, 9.17) is 11.6 Å². The monoisotopic (exact) mass is 298 g/mol. The molecule has 1 aromatic heterocycles. The number of hydrogen-bond acceptors (Lipinski definition) is 1. The fraction of sp³-hybridized carbons (Fsp3) is 0.167. The molecule has 0 spiro atoms. The molecule has 0 bridgehead atoms. The average molecular weight is 300 g/mol. The van der Waals surface area contributed by atoms with Crippen molar-refractivity contribution in [2.75, 3.05) is 5.32 Å². The minimum absolute atomic E-state index is 0.735. The van der Waals surface area contributed by atoms with Crippen molar-refractivity contribution in [2.45, 2.75) is 6.54 Å². The smallest absolute Gasteiger partial charge is 0.0502 e. The normalized spacial score (nSPS) is 10.4. The Morgan fingerprint density at radius 1 is 1.38 bits per heavy atom. The van der Waals surface area contributed by atoms with Crippen molar-refractivity contribution in [2.24, 2.45) is 7.05 Å². The summed E-state index contributed by atoms with van der Waals surface area (Å²) in [4.78, 5) is 0. The standard InChI is InChI=1S/C12H12BrClN2/c1-16-5-4-9(8-16)7-15-12-6-10(14)2-3-11(12)13/h2-6,8,15H,7H2,1H3. The highest BCUT2D eigenvalue weighted by molar-refractivity contribution is 9.10. The molecule has 0 atom stereocenters. The summed E-state index contributed by atoms with van der Waals surface area (Å²) in [5.74, 6) is 0. The quantitative estimate of drug-likeness (QED) is 0.904. The summed E-state index contributed by atoms with van der Waals surface area (Å²) < 4.78 is 3.05. The van der Waals surface area contributed by atoms with E-state index in [0.717, 1.165) is 21.7 Å². The number of halogens is 2. The molecule has 0 fully saturated rings. The number of rotatable bonds is 3. The van der Waals surface area contributed by atoms with E-state index in [1.165, 1.54) is 5.56 Å². The van der Waals surface area contributed by atoms with Crippen LogP contribution in [-0.2, 0) is 13.6 Å². The molecule has 1 aromatic carbocycles. The van der Waals surface area contributed by atoms with Gasteiger partial charge in [0.15, 0.2) is 0 Å². The predicted molar refractivity (Wildman–Crippen MR) is 71.9 cm³/mol. The summed E-state index contributed by atoms with van der Waals surface area (Å²) >= 11 is 9.42. The molecule has 2 aromatic rings. The first kappa shape index (κ1) is 11.6. The molecule has 0 aliphatic rings. The molecule has 2 nitrogen and oxygen atoms in total. The zero-order chi connectivity index (χ0) is 11.5. The third-order valence-corrected chi connectivity index (χ3v) is 3.23. The molecule has 0 aliphatic carbocycles. The van der Waals surface area contributed by atoms with Gasteiger partial charge in [-0.25, -0.2) is 0 Å². The van der Waals surface area contributed by atoms with Crippen molar-refractivity contribution in [1.29, 1.82) is 0 Å². The van der Waals surface area contributed by atoms with Crippen LogP contribution in [0, 0.1) is 0 Å². The Morgan fingerprint density at radius 3 is 2.88 bits per heavy atom. The highest BCUT2D eigenvalue weighted by Crippen LogP contribution is 2.26. The molecule has 1 heterocycles. The summed E-state index contributed by atoms with van der Waals surface area (Å²) in [7, 11) is 2.01. The molecule has 0 amide bonds. The number of hydrogen-bond donors (Lipinski definition) is 1. The SMILES string of the molecule is Cn1ccc(CNc2cc(Cl)ccc2Br)c1. The van der Waals surface area contributed by atoms with E-state index in [-0.39, 0.29) is 0 Å². The molecule has 16 heavy (non-hydrogen) atoms. The van der Waals surface area contributed by atoms with E-state index in [2.05, 4.69) is 33.5 Å². The maximum atomic E-state index is 5.94. The molecule has 0 unspecified atom stereocenters. The van der Waals surface area contributed by atoms with Gasteiger partial charge in [-0.3, -0.25) is 0 Å². The second-order valence-corrected chi connectivity index (χ2v) is 4.95. The zero-order valence-electron chi connectivity index (χ0n) is 8.87. The Balaban J connectivity index is 2.07. The van der Waals surface area contributed by atoms with E-state index >= 15 is 0 Å². The lowest BCUT2D eigenvalue weighted by molar-refractivity contribution is 0.920. The van der Waals surface area contributed by atoms with E-state index in [0.29, 0.717) is 0 Å². The summed E-state index contributed by atoms with van der Waals surface area (Å²) in [6, 6.07) is 7.80. The molecule has 2 rings (SSSR count). The highest BCUT2D eigenvalue weighted by Gasteiger charge is 2.01. The molecule has 0 aliphatic heterocycles. The van der Waals surface area contributed by atoms with Crippen LogP contribution in [0.25, 0.3) is 0 Å². The van der Waals surface area contributed by atoms with E-state index in [1.54, 1.807) is 0 Å². The van der Waals surface area contributed by atoms with Gasteiger partial charge < -0.3 is 9.88 Å². The maximum Gasteiger partial charge on any atom is 0.0502 e. The van der Waals surface area contributed by atoms with Crippen molar-refractivity contribution < 1.29 is 0 Å². The van der Waals surface area contributed by atoms with Crippen LogP contribution >= 0.6 is 27.5 Å². The Bertz CT molecular complexity index is 494. The van der Waals surface area contributed by atoms with E-state index < -0.39 is 0 Å². The Hall–Kier alpha value is -0.930. The fourth-order valence-corrected chi connectivity index (χ4v) is 2.05. The second-order valence-electron chi connectivity index (χ2n) is 3.66. The molecule has 4 heteroatoms. The molecule has 1 N–H and O–H groups in total. The molecule has 0 saturated heterocycles. The molecule has 0 radical (unpaired) electrons. The minimum atomic E-state index is 0.735. The van der Waals surface area contributed by atoms with Gasteiger partial charge in [0, 0.05) is 35.5 Å². The van der Waals surface area contributed by atoms with Gasteiger partial charge in [-0.2, -0.15) is 0 Å². The van der Waals surface area contributed by atoms with Gasteiger partial charge in [-0.1, -0.05) is 11.6 Å². The van der Waals surface area contributed by atoms with Gasteiger partial charge in [0.05, 0.1) is 5.69 Å². The van der Waals surface area contributed by atoms with Gasteiger partial charge in [-0.15, -0.1) is 0 Å². The first-order chi connectivity index (χ1) is 7.65. The second kappa shape index (κ2) is 4.93. The third kappa shape index (κ3) is 2.80. The lowest BCUT2D eigenvalue weighted by Gasteiger charge is -2.07. The predicted octanol–water partition coefficient (Wildman–Crippen LogP) is 4.05. The third-order valence-electron chi connectivity index (χ3n) is 2.30. The van der Waals surface area contributed by atoms with Gasteiger partial charge in [0.2, 0.25) is 0 Å². The average Bonchev–Trinajstić information content (AvgIpc) is 2.66. The van der Waals surface area contributed by atoms with Gasteiger partial charge in [0.1, 0.15) is 0 Å². The Labute approximate surface area is 108 Å². The number of anilines is 1. The van der Waals surface area contributed by atoms with Crippen molar-refractivity contribution in [1.82, 2.24) is 4.57 Å². The summed E-state index contributed by atoms with van der Waals surface area (Å²) in [5.41, 5.74) is 2.26. The largest absolute Gasteiger partial charge is 0.380 e. The van der Waals surface area contributed by atoms with Gasteiger partial charge in [-0.05, 0) is 45.8 Å². The fourth-order valence-electron chi connectivity index (χ4n) is 1.50. The van der Waals surface area contributed by atoms with Crippen molar-refractivity contribution in [3.63, 3.8) is 0 Å². The lowest BCUT2D eigenvalue weighted by Crippen LogP contribution is -1.99. The van der Waals surface area contributed by atoms with E-state index in [9.17, 15) is 0 Å². The van der Waals surface area contributed by atoms with Gasteiger partial charge >= 0.3 is 0 Å². The molecule has 0 saturated carbocycles. The number of aryl methyl sites for hydroxylation is 1. The number of benzene rings is 1. The van der Waals surface area contributed by atoms with Crippen LogP contribution in [0.15, 0.2) is 41.1 Å². The first-order valence-corrected chi connectivity index (χ1v) is 6.12. The zero-order valence-corrected chi connectivity index (χ0v) is 11.2. The topological polar surface area (TPSA) is 17.0 Å². The highest BCUT2D eigenvalue weighted by atomic mass is 79.9. The van der Waals surface area contributed by atoms with Crippen LogP contribution in [0.2, 0.25) is 5.02 Å². The number of nitrogens with one attached hydrogen (secondary N) is 1. The first-order valence-electron chi connectivity index (χ1n) is 4.95. The van der Waals surface area contributed by atoms with Crippen LogP contribution < -0.4 is 5.32 Å². The lowest BCUT2D eigenvalue weighted by atomic mass is 10.3. The van der Waals surface area contributed by atoms with Gasteiger partial charge in [0.25, 0.3) is 0 Å². The Kier molecular flexibility index (Phi) is 3.56. The summed E-state index contributed by atoms with van der Waals surface area (Å²) in [5, 5.41) is 4.07. The van der Waals surface area contributed by atoms with Crippen molar-refractivity contribution in [3.8, 4) is 0 Å². The minimum Gasteiger partial charge on any atom is -0.380 e. The molecular weight excluding hydrogens is 288 g/mol. The summed E-state index contributed by atoms with van der Waals surface area (Å²) in [6.45, 7) is 0.791. The summed E-state index contributed by atoms with van der Waals surface area (Å²) in [6.07, 6.45) is 4.12.